The fourth-order valence-electron chi connectivity index (χ4n) is 1.72. The number of hydrogen-bond donors (Lipinski definition) is 1. The fraction of sp³-hybridized carbons (Fsp3) is 0.133. The smallest absolute Gasteiger partial charge is 0.251 e. The van der Waals surface area contributed by atoms with Crippen molar-refractivity contribution in [3.63, 3.8) is 0 Å². The molecule has 0 aliphatic rings. The second-order valence-electron chi connectivity index (χ2n) is 4.50. The van der Waals surface area contributed by atoms with Gasteiger partial charge in [0.25, 0.3) is 5.91 Å². The molecule has 0 radical (unpaired) electrons. The van der Waals surface area contributed by atoms with Gasteiger partial charge in [0.2, 0.25) is 0 Å². The number of sulfone groups is 1. The molecule has 0 fully saturated rings. The predicted octanol–water partition coefficient (Wildman–Crippen LogP) is 2.70. The fourth-order valence-corrected chi connectivity index (χ4v) is 2.83. The highest BCUT2D eigenvalue weighted by molar-refractivity contribution is 7.93. The maximum Gasteiger partial charge on any atom is 0.251 e. The molecule has 2 rings (SSSR count). The molecule has 0 bridgehead atoms. The Morgan fingerprint density at radius 1 is 1.19 bits per heavy atom. The summed E-state index contributed by atoms with van der Waals surface area (Å²) in [6, 6.07) is 9.31. The van der Waals surface area contributed by atoms with Gasteiger partial charge in [0.1, 0.15) is 0 Å². The highest BCUT2D eigenvalue weighted by Crippen LogP contribution is 2.22. The molecule has 0 atom stereocenters. The molecule has 6 heteroatoms. The Kier molecular flexibility index (Phi) is 4.93. The van der Waals surface area contributed by atoms with E-state index in [1.165, 1.54) is 6.08 Å². The molecule has 1 aromatic heterocycles. The van der Waals surface area contributed by atoms with E-state index in [0.717, 1.165) is 22.8 Å². The normalized spacial score (nSPS) is 11.7. The first-order valence-electron chi connectivity index (χ1n) is 6.23. The molecule has 0 spiro atoms. The predicted molar refractivity (Wildman–Crippen MR) is 86.1 cm³/mol. The van der Waals surface area contributed by atoms with Crippen LogP contribution in [0, 0.1) is 0 Å². The second kappa shape index (κ2) is 6.69. The molecule has 1 heterocycles. The number of hydrogen-bond acceptors (Lipinski definition) is 4. The highest BCUT2D eigenvalue weighted by atomic mass is 32.2. The number of benzene rings is 1. The zero-order chi connectivity index (χ0) is 15.3. The number of amides is 1. The molecule has 21 heavy (non-hydrogen) atoms. The number of rotatable bonds is 5. The molecule has 2 aromatic rings. The van der Waals surface area contributed by atoms with E-state index in [2.05, 4.69) is 5.32 Å². The van der Waals surface area contributed by atoms with E-state index in [4.69, 9.17) is 0 Å². The molecule has 0 aliphatic carbocycles. The van der Waals surface area contributed by atoms with Gasteiger partial charge in [0.05, 0.1) is 0 Å². The van der Waals surface area contributed by atoms with Gasteiger partial charge in [-0.3, -0.25) is 4.79 Å². The van der Waals surface area contributed by atoms with E-state index in [9.17, 15) is 13.2 Å². The molecule has 0 saturated heterocycles. The Balaban J connectivity index is 1.96. The number of thiophene rings is 1. The maximum absolute atomic E-state index is 11.9. The van der Waals surface area contributed by atoms with Crippen LogP contribution in [0.25, 0.3) is 11.1 Å². The van der Waals surface area contributed by atoms with Gasteiger partial charge in [-0.05, 0) is 40.1 Å². The third-order valence-electron chi connectivity index (χ3n) is 2.73. The van der Waals surface area contributed by atoms with Crippen LogP contribution in [0.3, 0.4) is 0 Å². The molecule has 1 aromatic carbocycles. The van der Waals surface area contributed by atoms with E-state index < -0.39 is 9.84 Å². The van der Waals surface area contributed by atoms with Crippen molar-refractivity contribution in [3.05, 3.63) is 58.1 Å². The van der Waals surface area contributed by atoms with Crippen molar-refractivity contribution in [3.8, 4) is 11.1 Å². The average molecular weight is 321 g/mol. The summed E-state index contributed by atoms with van der Waals surface area (Å²) in [5.41, 5.74) is 2.73. The Bertz CT molecular complexity index is 730. The maximum atomic E-state index is 11.9. The number of carbonyl (C=O) groups is 1. The zero-order valence-electron chi connectivity index (χ0n) is 11.4. The summed E-state index contributed by atoms with van der Waals surface area (Å²) in [5, 5.41) is 7.76. The summed E-state index contributed by atoms with van der Waals surface area (Å²) >= 11 is 1.62. The van der Waals surface area contributed by atoms with Crippen molar-refractivity contribution in [2.45, 2.75) is 0 Å². The monoisotopic (exact) mass is 321 g/mol. The highest BCUT2D eigenvalue weighted by Gasteiger charge is 2.05. The van der Waals surface area contributed by atoms with Crippen LogP contribution in [0.2, 0.25) is 0 Å². The van der Waals surface area contributed by atoms with Gasteiger partial charge in [-0.1, -0.05) is 18.2 Å². The standard InChI is InChI=1S/C15H15NO3S2/c1-21(18,19)10-2-8-16-15(17)13-5-3-12(4-6-13)14-7-9-20-11-14/h2-7,9-11H,8H2,1H3,(H,16,17). The van der Waals surface area contributed by atoms with Gasteiger partial charge in [0.15, 0.2) is 9.84 Å². The van der Waals surface area contributed by atoms with Crippen molar-refractivity contribution < 1.29 is 13.2 Å². The van der Waals surface area contributed by atoms with Crippen LogP contribution in [0.15, 0.2) is 52.6 Å². The summed E-state index contributed by atoms with van der Waals surface area (Å²) in [6.45, 7) is 0.179. The minimum Gasteiger partial charge on any atom is -0.349 e. The number of carbonyl (C=O) groups excluding carboxylic acids is 1. The van der Waals surface area contributed by atoms with Crippen molar-refractivity contribution >= 4 is 27.1 Å². The molecule has 1 N–H and O–H groups in total. The Morgan fingerprint density at radius 3 is 2.48 bits per heavy atom. The first-order valence-corrected chi connectivity index (χ1v) is 9.13. The van der Waals surface area contributed by atoms with Gasteiger partial charge in [-0.25, -0.2) is 8.42 Å². The zero-order valence-corrected chi connectivity index (χ0v) is 13.1. The largest absolute Gasteiger partial charge is 0.349 e. The van der Waals surface area contributed by atoms with Crippen LogP contribution in [0.5, 0.6) is 0 Å². The van der Waals surface area contributed by atoms with E-state index in [-0.39, 0.29) is 12.5 Å². The van der Waals surface area contributed by atoms with Crippen LogP contribution in [-0.4, -0.2) is 27.1 Å². The van der Waals surface area contributed by atoms with Crippen molar-refractivity contribution in [1.82, 2.24) is 5.32 Å². The summed E-state index contributed by atoms with van der Waals surface area (Å²) < 4.78 is 21.8. The Labute approximate surface area is 128 Å². The molecule has 4 nitrogen and oxygen atoms in total. The van der Waals surface area contributed by atoms with Gasteiger partial charge >= 0.3 is 0 Å². The first-order chi connectivity index (χ1) is 9.96. The van der Waals surface area contributed by atoms with E-state index in [1.807, 2.05) is 29.0 Å². The molecule has 1 amide bonds. The summed E-state index contributed by atoms with van der Waals surface area (Å²) in [7, 11) is -3.15. The minimum atomic E-state index is -3.15. The van der Waals surface area contributed by atoms with Crippen LogP contribution < -0.4 is 5.32 Å². The Morgan fingerprint density at radius 2 is 1.90 bits per heavy atom. The van der Waals surface area contributed by atoms with Crippen LogP contribution in [-0.2, 0) is 9.84 Å². The van der Waals surface area contributed by atoms with Gasteiger partial charge in [0, 0.05) is 23.8 Å². The van der Waals surface area contributed by atoms with Crippen molar-refractivity contribution in [2.75, 3.05) is 12.8 Å². The Hall–Kier alpha value is -1.92. The van der Waals surface area contributed by atoms with Crippen LogP contribution in [0.4, 0.5) is 0 Å². The summed E-state index contributed by atoms with van der Waals surface area (Å²) in [6.07, 6.45) is 2.52. The lowest BCUT2D eigenvalue weighted by molar-refractivity contribution is 0.0958. The lowest BCUT2D eigenvalue weighted by Crippen LogP contribution is -2.23. The first kappa shape index (κ1) is 15.5. The minimum absolute atomic E-state index is 0.179. The van der Waals surface area contributed by atoms with E-state index in [0.29, 0.717) is 5.56 Å². The second-order valence-corrected chi connectivity index (χ2v) is 7.21. The lowest BCUT2D eigenvalue weighted by atomic mass is 10.1. The van der Waals surface area contributed by atoms with Gasteiger partial charge < -0.3 is 5.32 Å². The van der Waals surface area contributed by atoms with Crippen LogP contribution >= 0.6 is 11.3 Å². The summed E-state index contributed by atoms with van der Waals surface area (Å²) in [4.78, 5) is 11.9. The van der Waals surface area contributed by atoms with Gasteiger partial charge in [-0.15, -0.1) is 0 Å². The quantitative estimate of drug-likeness (QED) is 0.921. The van der Waals surface area contributed by atoms with Gasteiger partial charge in [-0.2, -0.15) is 11.3 Å². The molecule has 0 unspecified atom stereocenters. The lowest BCUT2D eigenvalue weighted by Gasteiger charge is -2.03. The third kappa shape index (κ3) is 4.84. The van der Waals surface area contributed by atoms with Crippen LogP contribution in [0.1, 0.15) is 10.4 Å². The SMILES string of the molecule is CS(=O)(=O)C=CCNC(=O)c1ccc(-c2ccsc2)cc1. The molecular formula is C15H15NO3S2. The average Bonchev–Trinajstić information content (AvgIpc) is 2.96. The van der Waals surface area contributed by atoms with Crippen molar-refractivity contribution in [2.24, 2.45) is 0 Å². The molecular weight excluding hydrogens is 306 g/mol. The molecule has 0 saturated carbocycles. The summed E-state index contributed by atoms with van der Waals surface area (Å²) in [5.74, 6) is -0.231. The number of nitrogens with one attached hydrogen (secondary N) is 1. The molecule has 0 aliphatic heterocycles. The van der Waals surface area contributed by atoms with E-state index >= 15 is 0 Å². The molecule has 110 valence electrons. The van der Waals surface area contributed by atoms with Crippen molar-refractivity contribution in [1.29, 1.82) is 0 Å². The third-order valence-corrected chi connectivity index (χ3v) is 4.10. The topological polar surface area (TPSA) is 63.2 Å². The van der Waals surface area contributed by atoms with E-state index in [1.54, 1.807) is 23.5 Å².